The van der Waals surface area contributed by atoms with E-state index in [0.717, 1.165) is 32.5 Å². The maximum absolute atomic E-state index is 12.0. The molecule has 2 N–H and O–H groups in total. The molecule has 1 unspecified atom stereocenters. The standard InChI is InChI=1S/C11H23N3O/c1-10-5-3-8-14(9-10)11(15)13(2)7-4-6-12/h10H,3-9,12H2,1-2H3. The van der Waals surface area contributed by atoms with Crippen LogP contribution in [0.2, 0.25) is 0 Å². The number of nitrogens with two attached hydrogens (primary N) is 1. The summed E-state index contributed by atoms with van der Waals surface area (Å²) in [5, 5.41) is 0. The molecule has 0 aliphatic carbocycles. The fraction of sp³-hybridized carbons (Fsp3) is 0.909. The molecule has 1 aliphatic rings. The number of likely N-dealkylation sites (tertiary alicyclic amines) is 1. The Hall–Kier alpha value is -0.770. The summed E-state index contributed by atoms with van der Waals surface area (Å²) in [4.78, 5) is 15.7. The number of hydrogen-bond acceptors (Lipinski definition) is 2. The highest BCUT2D eigenvalue weighted by Gasteiger charge is 2.22. The van der Waals surface area contributed by atoms with Gasteiger partial charge in [-0.1, -0.05) is 6.92 Å². The first-order chi connectivity index (χ1) is 7.15. The molecule has 88 valence electrons. The summed E-state index contributed by atoms with van der Waals surface area (Å²) < 4.78 is 0. The van der Waals surface area contributed by atoms with E-state index < -0.39 is 0 Å². The smallest absolute Gasteiger partial charge is 0.319 e. The molecule has 15 heavy (non-hydrogen) atoms. The van der Waals surface area contributed by atoms with Crippen LogP contribution in [0, 0.1) is 5.92 Å². The van der Waals surface area contributed by atoms with Crippen LogP contribution < -0.4 is 5.73 Å². The zero-order valence-corrected chi connectivity index (χ0v) is 9.91. The first-order valence-corrected chi connectivity index (χ1v) is 5.85. The maximum Gasteiger partial charge on any atom is 0.319 e. The topological polar surface area (TPSA) is 49.6 Å². The number of amides is 2. The van der Waals surface area contributed by atoms with Gasteiger partial charge in [-0.3, -0.25) is 0 Å². The van der Waals surface area contributed by atoms with E-state index in [1.807, 2.05) is 11.9 Å². The average molecular weight is 213 g/mol. The molecule has 0 spiro atoms. The third-order valence-electron chi connectivity index (χ3n) is 2.95. The Bertz CT molecular complexity index is 208. The molecule has 0 saturated carbocycles. The third-order valence-corrected chi connectivity index (χ3v) is 2.95. The van der Waals surface area contributed by atoms with E-state index in [1.54, 1.807) is 4.90 Å². The molecule has 1 saturated heterocycles. The lowest BCUT2D eigenvalue weighted by molar-refractivity contribution is 0.139. The van der Waals surface area contributed by atoms with Crippen molar-refractivity contribution < 1.29 is 4.79 Å². The van der Waals surface area contributed by atoms with E-state index in [0.29, 0.717) is 12.5 Å². The van der Waals surface area contributed by atoms with Gasteiger partial charge in [0.05, 0.1) is 0 Å². The first-order valence-electron chi connectivity index (χ1n) is 5.85. The van der Waals surface area contributed by atoms with Crippen LogP contribution in [-0.4, -0.2) is 49.1 Å². The molecule has 0 radical (unpaired) electrons. The molecule has 0 aromatic carbocycles. The quantitative estimate of drug-likeness (QED) is 0.763. The highest BCUT2D eigenvalue weighted by atomic mass is 16.2. The van der Waals surface area contributed by atoms with Gasteiger partial charge in [-0.15, -0.1) is 0 Å². The summed E-state index contributed by atoms with van der Waals surface area (Å²) in [6.07, 6.45) is 3.26. The molecule has 1 atom stereocenters. The Balaban J connectivity index is 2.37. The Labute approximate surface area is 92.4 Å². The van der Waals surface area contributed by atoms with Gasteiger partial charge in [-0.2, -0.15) is 0 Å². The summed E-state index contributed by atoms with van der Waals surface area (Å²) >= 11 is 0. The third kappa shape index (κ3) is 3.70. The Kier molecular flexibility index (Phi) is 4.88. The number of nitrogens with zero attached hydrogens (tertiary/aromatic N) is 2. The van der Waals surface area contributed by atoms with E-state index in [9.17, 15) is 4.79 Å². The van der Waals surface area contributed by atoms with E-state index >= 15 is 0 Å². The molecule has 2 amide bonds. The lowest BCUT2D eigenvalue weighted by Gasteiger charge is -2.34. The molecule has 4 nitrogen and oxygen atoms in total. The fourth-order valence-electron chi connectivity index (χ4n) is 2.03. The molecule has 4 heteroatoms. The largest absolute Gasteiger partial charge is 0.330 e. The van der Waals surface area contributed by atoms with Crippen LogP contribution >= 0.6 is 0 Å². The van der Waals surface area contributed by atoms with Crippen LogP contribution in [0.25, 0.3) is 0 Å². The molecular formula is C11H23N3O. The second kappa shape index (κ2) is 5.95. The second-order valence-corrected chi connectivity index (χ2v) is 4.54. The van der Waals surface area contributed by atoms with Gasteiger partial charge in [-0.25, -0.2) is 4.79 Å². The molecule has 1 rings (SSSR count). The van der Waals surface area contributed by atoms with Gasteiger partial charge in [0.2, 0.25) is 0 Å². The van der Waals surface area contributed by atoms with Gasteiger partial charge >= 0.3 is 6.03 Å². The van der Waals surface area contributed by atoms with Crippen molar-refractivity contribution in [3.05, 3.63) is 0 Å². The van der Waals surface area contributed by atoms with E-state index in [2.05, 4.69) is 6.92 Å². The summed E-state index contributed by atoms with van der Waals surface area (Å²) in [5.41, 5.74) is 5.43. The van der Waals surface area contributed by atoms with Gasteiger partial charge in [0, 0.05) is 26.7 Å². The van der Waals surface area contributed by atoms with Crippen molar-refractivity contribution in [2.24, 2.45) is 11.7 Å². The highest BCUT2D eigenvalue weighted by Crippen LogP contribution is 2.16. The predicted octanol–water partition coefficient (Wildman–Crippen LogP) is 1.12. The molecule has 0 bridgehead atoms. The van der Waals surface area contributed by atoms with Gasteiger partial charge < -0.3 is 15.5 Å². The number of piperidine rings is 1. The number of carbonyl (C=O) groups is 1. The lowest BCUT2D eigenvalue weighted by atomic mass is 10.0. The summed E-state index contributed by atoms with van der Waals surface area (Å²) in [5.74, 6) is 0.644. The van der Waals surface area contributed by atoms with Gasteiger partial charge in [0.15, 0.2) is 0 Å². The summed E-state index contributed by atoms with van der Waals surface area (Å²) in [6, 6.07) is 0.162. The maximum atomic E-state index is 12.0. The Morgan fingerprint density at radius 3 is 2.93 bits per heavy atom. The van der Waals surface area contributed by atoms with Crippen molar-refractivity contribution in [2.45, 2.75) is 26.2 Å². The van der Waals surface area contributed by atoms with Crippen molar-refractivity contribution in [2.75, 3.05) is 33.2 Å². The molecule has 0 aromatic heterocycles. The van der Waals surface area contributed by atoms with Crippen LogP contribution in [0.4, 0.5) is 4.79 Å². The molecule has 1 aliphatic heterocycles. The summed E-state index contributed by atoms with van der Waals surface area (Å²) in [7, 11) is 1.86. The zero-order valence-electron chi connectivity index (χ0n) is 9.91. The van der Waals surface area contributed by atoms with E-state index in [4.69, 9.17) is 5.73 Å². The number of hydrogen-bond donors (Lipinski definition) is 1. The van der Waals surface area contributed by atoms with Gasteiger partial charge in [0.1, 0.15) is 0 Å². The molecule has 1 heterocycles. The second-order valence-electron chi connectivity index (χ2n) is 4.54. The van der Waals surface area contributed by atoms with Crippen molar-refractivity contribution in [1.29, 1.82) is 0 Å². The van der Waals surface area contributed by atoms with Gasteiger partial charge in [0.25, 0.3) is 0 Å². The fourth-order valence-corrected chi connectivity index (χ4v) is 2.03. The normalized spacial score (nSPS) is 21.5. The van der Waals surface area contributed by atoms with Crippen LogP contribution in [0.5, 0.6) is 0 Å². The van der Waals surface area contributed by atoms with Crippen LogP contribution in [0.1, 0.15) is 26.2 Å². The van der Waals surface area contributed by atoms with E-state index in [-0.39, 0.29) is 6.03 Å². The van der Waals surface area contributed by atoms with Crippen LogP contribution in [0.3, 0.4) is 0 Å². The minimum Gasteiger partial charge on any atom is -0.330 e. The van der Waals surface area contributed by atoms with Crippen LogP contribution in [-0.2, 0) is 0 Å². The first kappa shape index (κ1) is 12.3. The van der Waals surface area contributed by atoms with Crippen LogP contribution in [0.15, 0.2) is 0 Å². The highest BCUT2D eigenvalue weighted by molar-refractivity contribution is 5.74. The number of carbonyl (C=O) groups excluding carboxylic acids is 1. The molecule has 0 aromatic rings. The lowest BCUT2D eigenvalue weighted by Crippen LogP contribution is -2.46. The SMILES string of the molecule is CC1CCCN(C(=O)N(C)CCCN)C1. The van der Waals surface area contributed by atoms with Crippen molar-refractivity contribution in [3.63, 3.8) is 0 Å². The summed E-state index contributed by atoms with van der Waals surface area (Å²) in [6.45, 7) is 5.44. The zero-order chi connectivity index (χ0) is 11.3. The Morgan fingerprint density at radius 2 is 2.33 bits per heavy atom. The Morgan fingerprint density at radius 1 is 1.60 bits per heavy atom. The van der Waals surface area contributed by atoms with Gasteiger partial charge in [-0.05, 0) is 31.7 Å². The monoisotopic (exact) mass is 213 g/mol. The van der Waals surface area contributed by atoms with Crippen molar-refractivity contribution in [3.8, 4) is 0 Å². The van der Waals surface area contributed by atoms with Crippen molar-refractivity contribution in [1.82, 2.24) is 9.80 Å². The number of urea groups is 1. The molecular weight excluding hydrogens is 190 g/mol. The number of rotatable bonds is 3. The minimum absolute atomic E-state index is 0.162. The average Bonchev–Trinajstić information content (AvgIpc) is 2.24. The minimum atomic E-state index is 0.162. The van der Waals surface area contributed by atoms with Crippen molar-refractivity contribution >= 4 is 6.03 Å². The van der Waals surface area contributed by atoms with E-state index in [1.165, 1.54) is 6.42 Å². The predicted molar refractivity (Wildman–Crippen MR) is 61.7 cm³/mol. The molecule has 1 fully saturated rings.